The van der Waals surface area contributed by atoms with Crippen molar-refractivity contribution >= 4 is 26.8 Å². The summed E-state index contributed by atoms with van der Waals surface area (Å²) in [5.74, 6) is 0. The molecule has 0 unspecified atom stereocenters. The Morgan fingerprint density at radius 1 is 1.43 bits per heavy atom. The van der Waals surface area contributed by atoms with Crippen molar-refractivity contribution in [3.05, 3.63) is 34.4 Å². The molecule has 1 heterocycles. The van der Waals surface area contributed by atoms with Crippen molar-refractivity contribution in [3.8, 4) is 0 Å². The van der Waals surface area contributed by atoms with Crippen molar-refractivity contribution in [3.63, 3.8) is 0 Å². The smallest absolute Gasteiger partial charge is 0.0864 e. The lowest BCUT2D eigenvalue weighted by atomic mass is 10.1. The van der Waals surface area contributed by atoms with Gasteiger partial charge >= 0.3 is 0 Å². The van der Waals surface area contributed by atoms with Crippen molar-refractivity contribution in [2.45, 2.75) is 19.4 Å². The van der Waals surface area contributed by atoms with E-state index in [4.69, 9.17) is 5.73 Å². The Hall–Kier alpha value is -0.800. The molecule has 0 fully saturated rings. The van der Waals surface area contributed by atoms with Crippen LogP contribution in [0.1, 0.15) is 12.5 Å². The lowest BCUT2D eigenvalue weighted by Gasteiger charge is -2.03. The van der Waals surface area contributed by atoms with E-state index in [9.17, 15) is 0 Å². The second-order valence-electron chi connectivity index (χ2n) is 3.64. The van der Waals surface area contributed by atoms with E-state index in [1.54, 1.807) is 0 Å². The zero-order valence-corrected chi connectivity index (χ0v) is 9.64. The zero-order chi connectivity index (χ0) is 10.1. The molecule has 2 aromatic rings. The topological polar surface area (TPSA) is 41.8 Å². The van der Waals surface area contributed by atoms with Gasteiger partial charge in [0.2, 0.25) is 0 Å². The molecule has 1 atom stereocenters. The first-order chi connectivity index (χ1) is 6.68. The molecule has 0 bridgehead atoms. The number of benzene rings is 1. The third-order valence-electron chi connectivity index (χ3n) is 2.29. The average molecular weight is 253 g/mol. The first-order valence-corrected chi connectivity index (χ1v) is 5.48. The van der Waals surface area contributed by atoms with Gasteiger partial charge in [0, 0.05) is 16.9 Å². The summed E-state index contributed by atoms with van der Waals surface area (Å²) in [6, 6.07) is 8.46. The van der Waals surface area contributed by atoms with Gasteiger partial charge in [0.1, 0.15) is 0 Å². The van der Waals surface area contributed by atoms with Crippen LogP contribution < -0.4 is 5.73 Å². The molecule has 3 heteroatoms. The molecule has 0 aliphatic carbocycles. The molecule has 3 N–H and O–H groups in total. The highest BCUT2D eigenvalue weighted by atomic mass is 79.9. The van der Waals surface area contributed by atoms with E-state index in [1.807, 2.05) is 19.1 Å². The number of nitrogens with two attached hydrogens (primary N) is 1. The number of aromatic nitrogens is 1. The third-order valence-corrected chi connectivity index (χ3v) is 2.96. The lowest BCUT2D eigenvalue weighted by molar-refractivity contribution is 0.739. The van der Waals surface area contributed by atoms with Gasteiger partial charge in [-0.3, -0.25) is 0 Å². The Bertz CT molecular complexity index is 445. The monoisotopic (exact) mass is 252 g/mol. The number of para-hydroxylation sites is 1. The van der Waals surface area contributed by atoms with Crippen molar-refractivity contribution < 1.29 is 0 Å². The summed E-state index contributed by atoms with van der Waals surface area (Å²) in [6.45, 7) is 2.02. The van der Waals surface area contributed by atoms with Gasteiger partial charge in [0.05, 0.1) is 4.60 Å². The van der Waals surface area contributed by atoms with Crippen molar-refractivity contribution in [2.24, 2.45) is 5.73 Å². The standard InChI is InChI=1S/C11H13BrN2/c1-7(13)6-9-8-4-2-3-5-10(8)14-11(9)12/h2-5,7,14H,6,13H2,1H3/t7-/m1/s1. The number of rotatable bonds is 2. The van der Waals surface area contributed by atoms with Crippen molar-refractivity contribution in [1.29, 1.82) is 0 Å². The molecule has 1 aromatic carbocycles. The fourth-order valence-electron chi connectivity index (χ4n) is 1.69. The number of H-pyrrole nitrogens is 1. The van der Waals surface area contributed by atoms with E-state index in [2.05, 4.69) is 33.0 Å². The van der Waals surface area contributed by atoms with E-state index >= 15 is 0 Å². The largest absolute Gasteiger partial charge is 0.349 e. The summed E-state index contributed by atoms with van der Waals surface area (Å²) >= 11 is 3.53. The molecule has 0 saturated heterocycles. The SMILES string of the molecule is C[C@@H](N)Cc1c(Br)[nH]c2ccccc12. The summed E-state index contributed by atoms with van der Waals surface area (Å²) in [6.07, 6.45) is 0.893. The van der Waals surface area contributed by atoms with Crippen LogP contribution >= 0.6 is 15.9 Å². The van der Waals surface area contributed by atoms with Gasteiger partial charge in [-0.2, -0.15) is 0 Å². The summed E-state index contributed by atoms with van der Waals surface area (Å²) in [5, 5.41) is 1.26. The molecule has 2 rings (SSSR count). The Kier molecular flexibility index (Phi) is 2.61. The van der Waals surface area contributed by atoms with Gasteiger partial charge in [-0.25, -0.2) is 0 Å². The Morgan fingerprint density at radius 3 is 2.86 bits per heavy atom. The first kappa shape index (κ1) is 9.74. The number of fused-ring (bicyclic) bond motifs is 1. The fourth-order valence-corrected chi connectivity index (χ4v) is 2.28. The number of hydrogen-bond donors (Lipinski definition) is 2. The summed E-state index contributed by atoms with van der Waals surface area (Å²) in [7, 11) is 0. The maximum absolute atomic E-state index is 5.81. The number of nitrogens with one attached hydrogen (secondary N) is 1. The highest BCUT2D eigenvalue weighted by molar-refractivity contribution is 9.10. The van der Waals surface area contributed by atoms with Gasteiger partial charge < -0.3 is 10.7 Å². The van der Waals surface area contributed by atoms with E-state index in [0.717, 1.165) is 16.5 Å². The van der Waals surface area contributed by atoms with Crippen LogP contribution in [0, 0.1) is 0 Å². The molecule has 1 aromatic heterocycles. The molecule has 0 aliphatic heterocycles. The van der Waals surface area contributed by atoms with Gasteiger partial charge in [0.15, 0.2) is 0 Å². The van der Waals surface area contributed by atoms with Gasteiger partial charge in [-0.05, 0) is 40.9 Å². The second kappa shape index (κ2) is 3.75. The molecular weight excluding hydrogens is 240 g/mol. The molecule has 0 amide bonds. The Balaban J connectivity index is 2.56. The minimum atomic E-state index is 0.186. The predicted molar refractivity (Wildman–Crippen MR) is 63.4 cm³/mol. The molecule has 14 heavy (non-hydrogen) atoms. The Labute approximate surface area is 91.6 Å². The summed E-state index contributed by atoms with van der Waals surface area (Å²) in [4.78, 5) is 3.29. The minimum absolute atomic E-state index is 0.186. The van der Waals surface area contributed by atoms with Crippen molar-refractivity contribution in [1.82, 2.24) is 4.98 Å². The Morgan fingerprint density at radius 2 is 2.14 bits per heavy atom. The molecule has 74 valence electrons. The maximum atomic E-state index is 5.81. The number of aromatic amines is 1. The molecule has 0 aliphatic rings. The maximum Gasteiger partial charge on any atom is 0.0864 e. The zero-order valence-electron chi connectivity index (χ0n) is 8.05. The van der Waals surface area contributed by atoms with Crippen LogP contribution in [0.4, 0.5) is 0 Å². The minimum Gasteiger partial charge on any atom is -0.349 e. The molecule has 2 nitrogen and oxygen atoms in total. The normalized spacial score (nSPS) is 13.4. The van der Waals surface area contributed by atoms with E-state index in [0.29, 0.717) is 0 Å². The van der Waals surface area contributed by atoms with Crippen LogP contribution in [-0.4, -0.2) is 11.0 Å². The van der Waals surface area contributed by atoms with Crippen LogP contribution in [0.25, 0.3) is 10.9 Å². The summed E-state index contributed by atoms with van der Waals surface area (Å²) < 4.78 is 1.05. The van der Waals surface area contributed by atoms with Crippen LogP contribution in [0.5, 0.6) is 0 Å². The number of halogens is 1. The highest BCUT2D eigenvalue weighted by Crippen LogP contribution is 2.27. The molecule has 0 spiro atoms. The van der Waals surface area contributed by atoms with Crippen LogP contribution in [0.3, 0.4) is 0 Å². The molecule has 0 saturated carbocycles. The lowest BCUT2D eigenvalue weighted by Crippen LogP contribution is -2.17. The van der Waals surface area contributed by atoms with Crippen molar-refractivity contribution in [2.75, 3.05) is 0 Å². The van der Waals surface area contributed by atoms with Gasteiger partial charge in [-0.15, -0.1) is 0 Å². The first-order valence-electron chi connectivity index (χ1n) is 4.69. The van der Waals surface area contributed by atoms with E-state index < -0.39 is 0 Å². The quantitative estimate of drug-likeness (QED) is 0.849. The molecular formula is C11H13BrN2. The van der Waals surface area contributed by atoms with E-state index in [-0.39, 0.29) is 6.04 Å². The highest BCUT2D eigenvalue weighted by Gasteiger charge is 2.09. The van der Waals surface area contributed by atoms with Crippen LogP contribution in [-0.2, 0) is 6.42 Å². The van der Waals surface area contributed by atoms with Gasteiger partial charge in [-0.1, -0.05) is 18.2 Å². The van der Waals surface area contributed by atoms with Crippen LogP contribution in [0.2, 0.25) is 0 Å². The van der Waals surface area contributed by atoms with E-state index in [1.165, 1.54) is 10.9 Å². The molecule has 0 radical (unpaired) electrons. The van der Waals surface area contributed by atoms with Crippen LogP contribution in [0.15, 0.2) is 28.9 Å². The number of hydrogen-bond acceptors (Lipinski definition) is 1. The van der Waals surface area contributed by atoms with Gasteiger partial charge in [0.25, 0.3) is 0 Å². The fraction of sp³-hybridized carbons (Fsp3) is 0.273. The second-order valence-corrected chi connectivity index (χ2v) is 4.44. The average Bonchev–Trinajstić information content (AvgIpc) is 2.43. The third kappa shape index (κ3) is 1.70. The predicted octanol–water partition coefficient (Wildman–Crippen LogP) is 2.82. The summed E-state index contributed by atoms with van der Waals surface area (Å²) in [5.41, 5.74) is 8.24.